The number of aliphatic hydroxyl groups excluding tert-OH is 1. The fourth-order valence-electron chi connectivity index (χ4n) is 2.98. The zero-order chi connectivity index (χ0) is 16.9. The van der Waals surface area contributed by atoms with Crippen LogP contribution in [0.4, 0.5) is 0 Å². The van der Waals surface area contributed by atoms with Crippen LogP contribution in [0.2, 0.25) is 5.02 Å². The van der Waals surface area contributed by atoms with Crippen molar-refractivity contribution in [3.63, 3.8) is 0 Å². The number of nitrogens with one attached hydrogen (secondary N) is 1. The van der Waals surface area contributed by atoms with Crippen LogP contribution in [0.5, 0.6) is 0 Å². The Labute approximate surface area is 147 Å². The molecule has 0 saturated carbocycles. The smallest absolute Gasteiger partial charge is 0.253 e. The Bertz CT molecular complexity index is 703. The highest BCUT2D eigenvalue weighted by Crippen LogP contribution is 2.18. The lowest BCUT2D eigenvalue weighted by Gasteiger charge is -2.28. The van der Waals surface area contributed by atoms with Gasteiger partial charge in [0.25, 0.3) is 5.91 Å². The van der Waals surface area contributed by atoms with Crippen molar-refractivity contribution in [1.29, 1.82) is 0 Å². The van der Waals surface area contributed by atoms with Gasteiger partial charge in [-0.25, -0.2) is 0 Å². The number of aliphatic hydroxyl groups is 1. The second-order valence-corrected chi connectivity index (χ2v) is 6.48. The third kappa shape index (κ3) is 4.15. The highest BCUT2D eigenvalue weighted by Gasteiger charge is 2.18. The average Bonchev–Trinajstić information content (AvgIpc) is 2.61. The average molecular weight is 345 g/mol. The molecule has 1 heterocycles. The van der Waals surface area contributed by atoms with Crippen LogP contribution in [0.1, 0.15) is 22.8 Å². The van der Waals surface area contributed by atoms with E-state index >= 15 is 0 Å². The molecule has 1 aliphatic rings. The third-order valence-electron chi connectivity index (χ3n) is 4.37. The number of benzene rings is 2. The molecule has 5 heteroatoms. The molecule has 4 nitrogen and oxygen atoms in total. The van der Waals surface area contributed by atoms with Crippen LogP contribution in [-0.4, -0.2) is 35.5 Å². The highest BCUT2D eigenvalue weighted by atomic mass is 35.5. The van der Waals surface area contributed by atoms with E-state index in [1.807, 2.05) is 0 Å². The fraction of sp³-hybridized carbons (Fsp3) is 0.316. The second kappa shape index (κ2) is 7.79. The summed E-state index contributed by atoms with van der Waals surface area (Å²) in [4.78, 5) is 14.4. The van der Waals surface area contributed by atoms with Gasteiger partial charge in [0.1, 0.15) is 0 Å². The largest absolute Gasteiger partial charge is 0.378 e. The number of carbonyl (C=O) groups excluding carboxylic acids is 1. The number of carbonyl (C=O) groups is 1. The Morgan fingerprint density at radius 1 is 1.17 bits per heavy atom. The molecule has 0 aromatic heterocycles. The molecule has 0 fully saturated rings. The maximum absolute atomic E-state index is 12.1. The van der Waals surface area contributed by atoms with E-state index in [0.717, 1.165) is 26.1 Å². The van der Waals surface area contributed by atoms with Crippen LogP contribution < -0.4 is 5.32 Å². The molecule has 2 N–H and O–H groups in total. The van der Waals surface area contributed by atoms with Gasteiger partial charge in [0.15, 0.2) is 6.10 Å². The zero-order valence-corrected chi connectivity index (χ0v) is 14.2. The summed E-state index contributed by atoms with van der Waals surface area (Å²) in [5.74, 6) is -0.380. The molecule has 2 aromatic carbocycles. The van der Waals surface area contributed by atoms with Crippen molar-refractivity contribution >= 4 is 17.5 Å². The van der Waals surface area contributed by atoms with Crippen LogP contribution in [-0.2, 0) is 17.8 Å². The van der Waals surface area contributed by atoms with E-state index in [1.165, 1.54) is 11.1 Å². The Kier molecular flexibility index (Phi) is 5.51. The summed E-state index contributed by atoms with van der Waals surface area (Å²) in [6.45, 7) is 3.19. The summed E-state index contributed by atoms with van der Waals surface area (Å²) < 4.78 is 0. The summed E-state index contributed by atoms with van der Waals surface area (Å²) in [5.41, 5.74) is 3.32. The molecular formula is C19H21ClN2O2. The summed E-state index contributed by atoms with van der Waals surface area (Å²) >= 11 is 5.81. The standard InChI is InChI=1S/C19H21ClN2O2/c20-17-7-5-15(6-8-17)18(23)19(24)21-10-12-22-11-9-14-3-1-2-4-16(14)13-22/h1-8,18,23H,9-13H2,(H,21,24)/t18-/m0/s1. The summed E-state index contributed by atoms with van der Waals surface area (Å²) in [7, 11) is 0. The summed E-state index contributed by atoms with van der Waals surface area (Å²) in [5, 5.41) is 13.5. The first-order chi connectivity index (χ1) is 11.6. The predicted octanol–water partition coefficient (Wildman–Crippen LogP) is 2.55. The number of fused-ring (bicyclic) bond motifs is 1. The molecule has 1 aliphatic heterocycles. The monoisotopic (exact) mass is 344 g/mol. The Morgan fingerprint density at radius 2 is 1.88 bits per heavy atom. The number of amides is 1. The van der Waals surface area contributed by atoms with Gasteiger partial charge >= 0.3 is 0 Å². The molecule has 0 saturated heterocycles. The fourth-order valence-corrected chi connectivity index (χ4v) is 3.10. The molecule has 0 bridgehead atoms. The highest BCUT2D eigenvalue weighted by molar-refractivity contribution is 6.30. The Hall–Kier alpha value is -1.88. The van der Waals surface area contributed by atoms with Crippen molar-refractivity contribution in [2.75, 3.05) is 19.6 Å². The van der Waals surface area contributed by atoms with Crippen LogP contribution >= 0.6 is 11.6 Å². The molecule has 24 heavy (non-hydrogen) atoms. The lowest BCUT2D eigenvalue weighted by molar-refractivity contribution is -0.129. The summed E-state index contributed by atoms with van der Waals surface area (Å²) in [6.07, 6.45) is -0.123. The molecule has 126 valence electrons. The molecule has 2 aromatic rings. The van der Waals surface area contributed by atoms with E-state index in [2.05, 4.69) is 34.5 Å². The van der Waals surface area contributed by atoms with Crippen LogP contribution in [0.25, 0.3) is 0 Å². The number of hydrogen-bond acceptors (Lipinski definition) is 3. The number of hydrogen-bond donors (Lipinski definition) is 2. The lowest BCUT2D eigenvalue weighted by Crippen LogP contribution is -2.39. The molecule has 0 aliphatic carbocycles. The van der Waals surface area contributed by atoms with Gasteiger partial charge < -0.3 is 10.4 Å². The van der Waals surface area contributed by atoms with Gasteiger partial charge in [0.05, 0.1) is 0 Å². The first-order valence-electron chi connectivity index (χ1n) is 8.14. The van der Waals surface area contributed by atoms with E-state index in [0.29, 0.717) is 17.1 Å². The van der Waals surface area contributed by atoms with Gasteiger partial charge in [-0.15, -0.1) is 0 Å². The van der Waals surface area contributed by atoms with Gasteiger partial charge in [-0.3, -0.25) is 9.69 Å². The van der Waals surface area contributed by atoms with Gasteiger partial charge in [-0.1, -0.05) is 48.0 Å². The predicted molar refractivity (Wildman–Crippen MR) is 94.8 cm³/mol. The molecule has 1 amide bonds. The van der Waals surface area contributed by atoms with Gasteiger partial charge in [-0.2, -0.15) is 0 Å². The van der Waals surface area contributed by atoms with Crippen LogP contribution in [0.3, 0.4) is 0 Å². The van der Waals surface area contributed by atoms with Gasteiger partial charge in [0.2, 0.25) is 0 Å². The topological polar surface area (TPSA) is 52.6 Å². The van der Waals surface area contributed by atoms with Crippen molar-refractivity contribution in [3.8, 4) is 0 Å². The zero-order valence-electron chi connectivity index (χ0n) is 13.4. The maximum Gasteiger partial charge on any atom is 0.253 e. The SMILES string of the molecule is O=C(NCCN1CCc2ccccc2C1)[C@@H](O)c1ccc(Cl)cc1. The minimum absolute atomic E-state index is 0.380. The van der Waals surface area contributed by atoms with E-state index < -0.39 is 6.10 Å². The Morgan fingerprint density at radius 3 is 2.62 bits per heavy atom. The van der Waals surface area contributed by atoms with Crippen molar-refractivity contribution in [2.45, 2.75) is 19.1 Å². The van der Waals surface area contributed by atoms with Gasteiger partial charge in [-0.05, 0) is 35.2 Å². The minimum Gasteiger partial charge on any atom is -0.378 e. The van der Waals surface area contributed by atoms with Crippen molar-refractivity contribution in [1.82, 2.24) is 10.2 Å². The van der Waals surface area contributed by atoms with E-state index in [4.69, 9.17) is 11.6 Å². The Balaban J connectivity index is 1.46. The van der Waals surface area contributed by atoms with E-state index in [-0.39, 0.29) is 5.91 Å². The number of halogens is 1. The molecule has 0 spiro atoms. The van der Waals surface area contributed by atoms with Gasteiger partial charge in [0, 0.05) is 31.2 Å². The third-order valence-corrected chi connectivity index (χ3v) is 4.62. The van der Waals surface area contributed by atoms with Crippen molar-refractivity contribution < 1.29 is 9.90 Å². The molecule has 0 radical (unpaired) electrons. The molecule has 0 unspecified atom stereocenters. The molecule has 3 rings (SSSR count). The second-order valence-electron chi connectivity index (χ2n) is 6.04. The van der Waals surface area contributed by atoms with E-state index in [1.54, 1.807) is 24.3 Å². The molecule has 1 atom stereocenters. The van der Waals surface area contributed by atoms with Crippen molar-refractivity contribution in [2.24, 2.45) is 0 Å². The minimum atomic E-state index is -1.16. The van der Waals surface area contributed by atoms with E-state index in [9.17, 15) is 9.90 Å². The lowest BCUT2D eigenvalue weighted by atomic mass is 10.00. The van der Waals surface area contributed by atoms with Crippen LogP contribution in [0, 0.1) is 0 Å². The first kappa shape index (κ1) is 17.0. The maximum atomic E-state index is 12.1. The molecular weight excluding hydrogens is 324 g/mol. The van der Waals surface area contributed by atoms with Crippen molar-refractivity contribution in [3.05, 3.63) is 70.2 Å². The summed E-state index contributed by atoms with van der Waals surface area (Å²) in [6, 6.07) is 15.1. The number of nitrogens with zero attached hydrogens (tertiary/aromatic N) is 1. The quantitative estimate of drug-likeness (QED) is 0.876. The normalized spacial score (nSPS) is 15.6. The van der Waals surface area contributed by atoms with Crippen LogP contribution in [0.15, 0.2) is 48.5 Å². The number of rotatable bonds is 5. The first-order valence-corrected chi connectivity index (χ1v) is 8.51.